The van der Waals surface area contributed by atoms with E-state index in [1.54, 1.807) is 17.9 Å². The van der Waals surface area contributed by atoms with Gasteiger partial charge in [0.2, 0.25) is 0 Å². The molecule has 6 nitrogen and oxygen atoms in total. The third-order valence-corrected chi connectivity index (χ3v) is 2.12. The van der Waals surface area contributed by atoms with Crippen molar-refractivity contribution in [1.82, 2.24) is 20.0 Å². The molecule has 0 radical (unpaired) electrons. The van der Waals surface area contributed by atoms with Crippen LogP contribution < -0.4 is 5.73 Å². The van der Waals surface area contributed by atoms with Crippen molar-refractivity contribution in [3.63, 3.8) is 0 Å². The van der Waals surface area contributed by atoms with E-state index in [4.69, 9.17) is 10.2 Å². The monoisotopic (exact) mass is 243 g/mol. The van der Waals surface area contributed by atoms with Crippen LogP contribution in [0.25, 0.3) is 11.6 Å². The van der Waals surface area contributed by atoms with Gasteiger partial charge in [-0.2, -0.15) is 5.10 Å². The van der Waals surface area contributed by atoms with Crippen LogP contribution in [0.3, 0.4) is 0 Å². The molecule has 0 aliphatic rings. The predicted molar refractivity (Wildman–Crippen MR) is 48.6 cm³/mol. The molecule has 0 aromatic carbocycles. The van der Waals surface area contributed by atoms with Crippen molar-refractivity contribution in [1.29, 1.82) is 0 Å². The van der Waals surface area contributed by atoms with E-state index < -0.39 is 0 Å². The van der Waals surface area contributed by atoms with Crippen molar-refractivity contribution in [3.8, 4) is 11.6 Å². The van der Waals surface area contributed by atoms with E-state index in [1.807, 2.05) is 0 Å². The highest BCUT2D eigenvalue weighted by Crippen LogP contribution is 2.26. The molecule has 0 aliphatic heterocycles. The van der Waals surface area contributed by atoms with Gasteiger partial charge in [-0.05, 0) is 15.9 Å². The molecule has 2 aromatic heterocycles. The first-order valence-corrected chi connectivity index (χ1v) is 4.24. The maximum atomic E-state index is 5.30. The number of hydrogen-bond acceptors (Lipinski definition) is 5. The highest BCUT2D eigenvalue weighted by molar-refractivity contribution is 9.10. The van der Waals surface area contributed by atoms with E-state index in [0.29, 0.717) is 11.6 Å². The molecule has 0 fully saturated rings. The van der Waals surface area contributed by atoms with Crippen LogP contribution in [0, 0.1) is 0 Å². The molecular formula is C6H6BrN5O. The van der Waals surface area contributed by atoms with E-state index in [-0.39, 0.29) is 6.01 Å². The highest BCUT2D eigenvalue weighted by atomic mass is 79.9. The van der Waals surface area contributed by atoms with Crippen molar-refractivity contribution in [2.24, 2.45) is 7.05 Å². The van der Waals surface area contributed by atoms with Gasteiger partial charge < -0.3 is 10.2 Å². The van der Waals surface area contributed by atoms with Crippen LogP contribution >= 0.6 is 15.9 Å². The third-order valence-electron chi connectivity index (χ3n) is 1.54. The van der Waals surface area contributed by atoms with Gasteiger partial charge in [0.05, 0.1) is 10.7 Å². The maximum Gasteiger partial charge on any atom is 0.313 e. The summed E-state index contributed by atoms with van der Waals surface area (Å²) in [4.78, 5) is 0. The second kappa shape index (κ2) is 2.84. The summed E-state index contributed by atoms with van der Waals surface area (Å²) in [6.07, 6.45) is 1.65. The quantitative estimate of drug-likeness (QED) is 0.802. The molecule has 0 amide bonds. The minimum atomic E-state index is 0.0445. The minimum Gasteiger partial charge on any atom is -0.402 e. The number of hydrogen-bond donors (Lipinski definition) is 1. The highest BCUT2D eigenvalue weighted by Gasteiger charge is 2.14. The van der Waals surface area contributed by atoms with Crippen LogP contribution in [0.5, 0.6) is 0 Å². The van der Waals surface area contributed by atoms with Crippen molar-refractivity contribution in [2.45, 2.75) is 0 Å². The van der Waals surface area contributed by atoms with Gasteiger partial charge in [0.15, 0.2) is 0 Å². The van der Waals surface area contributed by atoms with E-state index >= 15 is 0 Å². The zero-order valence-electron chi connectivity index (χ0n) is 6.73. The Bertz CT molecular complexity index is 414. The van der Waals surface area contributed by atoms with Gasteiger partial charge >= 0.3 is 6.01 Å². The smallest absolute Gasteiger partial charge is 0.313 e. The van der Waals surface area contributed by atoms with Crippen LogP contribution in [0.4, 0.5) is 6.01 Å². The fourth-order valence-electron chi connectivity index (χ4n) is 0.982. The van der Waals surface area contributed by atoms with Gasteiger partial charge in [0.25, 0.3) is 5.89 Å². The van der Waals surface area contributed by atoms with Crippen molar-refractivity contribution >= 4 is 21.9 Å². The molecular weight excluding hydrogens is 238 g/mol. The molecule has 0 saturated heterocycles. The molecule has 2 N–H and O–H groups in total. The molecule has 2 aromatic rings. The average Bonchev–Trinajstić information content (AvgIpc) is 2.60. The normalized spacial score (nSPS) is 10.6. The first kappa shape index (κ1) is 8.24. The topological polar surface area (TPSA) is 82.8 Å². The molecule has 7 heteroatoms. The Morgan fingerprint density at radius 1 is 1.54 bits per heavy atom. The fourth-order valence-corrected chi connectivity index (χ4v) is 1.50. The lowest BCUT2D eigenvalue weighted by molar-refractivity contribution is 0.579. The van der Waals surface area contributed by atoms with Crippen molar-refractivity contribution < 1.29 is 4.42 Å². The zero-order chi connectivity index (χ0) is 9.42. The number of nitrogens with zero attached hydrogens (tertiary/aromatic N) is 4. The van der Waals surface area contributed by atoms with Gasteiger partial charge in [0, 0.05) is 7.05 Å². The summed E-state index contributed by atoms with van der Waals surface area (Å²) in [5.41, 5.74) is 6.01. The predicted octanol–water partition coefficient (Wildman–Crippen LogP) is 0.815. The number of nitrogens with two attached hydrogens (primary N) is 1. The Balaban J connectivity index is 2.57. The van der Waals surface area contributed by atoms with Gasteiger partial charge in [-0.15, -0.1) is 5.10 Å². The Morgan fingerprint density at radius 2 is 2.31 bits per heavy atom. The number of aromatic nitrogens is 4. The fraction of sp³-hybridized carbons (Fsp3) is 0.167. The second-order valence-corrected chi connectivity index (χ2v) is 3.26. The van der Waals surface area contributed by atoms with Crippen molar-refractivity contribution in [2.75, 3.05) is 5.73 Å². The number of anilines is 1. The summed E-state index contributed by atoms with van der Waals surface area (Å²) >= 11 is 3.31. The van der Waals surface area contributed by atoms with E-state index in [0.717, 1.165) is 4.47 Å². The summed E-state index contributed by atoms with van der Waals surface area (Å²) < 4.78 is 7.47. The van der Waals surface area contributed by atoms with E-state index in [9.17, 15) is 0 Å². The lowest BCUT2D eigenvalue weighted by atomic mass is 10.4. The lowest BCUT2D eigenvalue weighted by Gasteiger charge is -1.94. The van der Waals surface area contributed by atoms with Crippen LogP contribution in [-0.4, -0.2) is 20.0 Å². The molecule has 0 unspecified atom stereocenters. The molecule has 68 valence electrons. The molecule has 0 bridgehead atoms. The molecule has 0 saturated carbocycles. The number of nitrogen functional groups attached to an aromatic ring is 1. The van der Waals surface area contributed by atoms with Gasteiger partial charge in [0.1, 0.15) is 5.69 Å². The summed E-state index contributed by atoms with van der Waals surface area (Å²) in [7, 11) is 1.78. The number of halogens is 1. The van der Waals surface area contributed by atoms with E-state index in [1.165, 1.54) is 0 Å². The zero-order valence-corrected chi connectivity index (χ0v) is 8.32. The Morgan fingerprint density at radius 3 is 2.77 bits per heavy atom. The molecule has 2 rings (SSSR count). The third kappa shape index (κ3) is 1.31. The van der Waals surface area contributed by atoms with Crippen molar-refractivity contribution in [3.05, 3.63) is 10.7 Å². The molecule has 13 heavy (non-hydrogen) atoms. The van der Waals surface area contributed by atoms with Crippen LogP contribution in [0.1, 0.15) is 0 Å². The summed E-state index contributed by atoms with van der Waals surface area (Å²) in [5, 5.41) is 11.3. The van der Waals surface area contributed by atoms with Gasteiger partial charge in [-0.1, -0.05) is 5.10 Å². The van der Waals surface area contributed by atoms with Gasteiger partial charge in [-0.3, -0.25) is 4.68 Å². The van der Waals surface area contributed by atoms with Gasteiger partial charge in [-0.25, -0.2) is 0 Å². The molecule has 0 atom stereocenters. The maximum absolute atomic E-state index is 5.30. The number of aryl methyl sites for hydroxylation is 1. The standard InChI is InChI=1S/C6H6BrN5O/c1-12-4(3(7)2-9-12)5-10-11-6(8)13-5/h2H,1H3,(H2,8,11). The summed E-state index contributed by atoms with van der Waals surface area (Å²) in [6, 6.07) is 0.0445. The first-order chi connectivity index (χ1) is 6.18. The second-order valence-electron chi connectivity index (χ2n) is 2.41. The van der Waals surface area contributed by atoms with E-state index in [2.05, 4.69) is 31.2 Å². The number of rotatable bonds is 1. The Hall–Kier alpha value is -1.37. The largest absolute Gasteiger partial charge is 0.402 e. The van der Waals surface area contributed by atoms with Crippen LogP contribution in [-0.2, 0) is 7.05 Å². The minimum absolute atomic E-state index is 0.0445. The average molecular weight is 244 g/mol. The molecule has 0 aliphatic carbocycles. The Kier molecular flexibility index (Phi) is 1.80. The lowest BCUT2D eigenvalue weighted by Crippen LogP contribution is -1.93. The molecule has 2 heterocycles. The summed E-state index contributed by atoms with van der Waals surface area (Å²) in [6.45, 7) is 0. The Labute approximate surface area is 81.9 Å². The molecule has 0 spiro atoms. The first-order valence-electron chi connectivity index (χ1n) is 3.45. The van der Waals surface area contributed by atoms with Crippen LogP contribution in [0.15, 0.2) is 15.1 Å². The SMILES string of the molecule is Cn1ncc(Br)c1-c1nnc(N)o1. The van der Waals surface area contributed by atoms with Crippen LogP contribution in [0.2, 0.25) is 0 Å². The summed E-state index contributed by atoms with van der Waals surface area (Å²) in [5.74, 6) is 0.351.